The van der Waals surface area contributed by atoms with E-state index >= 15 is 0 Å². The van der Waals surface area contributed by atoms with E-state index in [0.29, 0.717) is 5.69 Å². The molecule has 3 N–H and O–H groups in total. The predicted octanol–water partition coefficient (Wildman–Crippen LogP) is 2.80. The number of benzene rings is 1. The fourth-order valence-electron chi connectivity index (χ4n) is 1.88. The van der Waals surface area contributed by atoms with E-state index < -0.39 is 10.0 Å². The Hall–Kier alpha value is -2.10. The van der Waals surface area contributed by atoms with Crippen molar-refractivity contribution in [1.82, 2.24) is 5.32 Å². The van der Waals surface area contributed by atoms with Crippen LogP contribution in [0.4, 0.5) is 11.4 Å². The van der Waals surface area contributed by atoms with E-state index in [9.17, 15) is 18.0 Å². The maximum atomic E-state index is 12.4. The normalized spacial score (nSPS) is 11.0. The van der Waals surface area contributed by atoms with E-state index in [2.05, 4.69) is 15.4 Å². The Morgan fingerprint density at radius 1 is 1.12 bits per heavy atom. The second-order valence-corrected chi connectivity index (χ2v) is 8.60. The number of anilines is 2. The van der Waals surface area contributed by atoms with Crippen molar-refractivity contribution >= 4 is 56.2 Å². The summed E-state index contributed by atoms with van der Waals surface area (Å²) in [5, 5.41) is 5.37. The Balaban J connectivity index is 2.14. The third-order valence-corrected chi connectivity index (χ3v) is 6.22. The topological polar surface area (TPSA) is 104 Å². The fraction of sp³-hybridized carbons (Fsp3) is 0.200. The van der Waals surface area contributed by atoms with Crippen LogP contribution in [0.5, 0.6) is 0 Å². The molecule has 1 heterocycles. The molecule has 0 saturated carbocycles. The molecule has 7 nitrogen and oxygen atoms in total. The van der Waals surface area contributed by atoms with Crippen LogP contribution in [0, 0.1) is 0 Å². The zero-order valence-corrected chi connectivity index (χ0v) is 15.8. The first-order valence-electron chi connectivity index (χ1n) is 7.10. The van der Waals surface area contributed by atoms with Crippen LogP contribution >= 0.6 is 22.9 Å². The highest BCUT2D eigenvalue weighted by atomic mass is 35.5. The van der Waals surface area contributed by atoms with Gasteiger partial charge in [-0.25, -0.2) is 8.42 Å². The third kappa shape index (κ3) is 5.45. The lowest BCUT2D eigenvalue weighted by Gasteiger charge is -2.09. The van der Waals surface area contributed by atoms with Crippen molar-refractivity contribution in [2.75, 3.05) is 10.0 Å². The number of hydrogen-bond acceptors (Lipinski definition) is 5. The average Bonchev–Trinajstić information content (AvgIpc) is 2.97. The van der Waals surface area contributed by atoms with Crippen molar-refractivity contribution in [3.8, 4) is 0 Å². The third-order valence-electron chi connectivity index (χ3n) is 2.95. The zero-order valence-electron chi connectivity index (χ0n) is 13.4. The van der Waals surface area contributed by atoms with Gasteiger partial charge in [-0.15, -0.1) is 11.3 Å². The van der Waals surface area contributed by atoms with Crippen LogP contribution in [0.2, 0.25) is 5.02 Å². The SMILES string of the molecule is CC(=O)NCc1ccc(S(=O)(=O)Nc2ccc(NC(C)=O)c(Cl)c2)s1. The van der Waals surface area contributed by atoms with Gasteiger partial charge in [0.2, 0.25) is 11.8 Å². The number of amides is 2. The minimum Gasteiger partial charge on any atom is -0.351 e. The van der Waals surface area contributed by atoms with Crippen molar-refractivity contribution in [3.63, 3.8) is 0 Å². The Kier molecular flexibility index (Phi) is 6.04. The quantitative estimate of drug-likeness (QED) is 0.692. The van der Waals surface area contributed by atoms with Crippen molar-refractivity contribution in [2.45, 2.75) is 24.6 Å². The second-order valence-electron chi connectivity index (χ2n) is 5.11. The van der Waals surface area contributed by atoms with Crippen LogP contribution < -0.4 is 15.4 Å². The summed E-state index contributed by atoms with van der Waals surface area (Å²) in [5.74, 6) is -0.467. The molecule has 1 aromatic heterocycles. The van der Waals surface area contributed by atoms with Gasteiger partial charge in [-0.3, -0.25) is 14.3 Å². The highest BCUT2D eigenvalue weighted by molar-refractivity contribution is 7.94. The Morgan fingerprint density at radius 3 is 2.44 bits per heavy atom. The van der Waals surface area contributed by atoms with Gasteiger partial charge < -0.3 is 10.6 Å². The molecule has 2 aromatic rings. The maximum absolute atomic E-state index is 12.4. The molecule has 0 bridgehead atoms. The molecular formula is C15H16ClN3O4S2. The van der Waals surface area contributed by atoms with Crippen LogP contribution in [0.15, 0.2) is 34.5 Å². The molecule has 0 unspecified atom stereocenters. The fourth-order valence-corrected chi connectivity index (χ4v) is 4.46. The van der Waals surface area contributed by atoms with Crippen LogP contribution in [-0.4, -0.2) is 20.2 Å². The summed E-state index contributed by atoms with van der Waals surface area (Å²) in [4.78, 5) is 22.7. The Labute approximate surface area is 154 Å². The molecule has 0 atom stereocenters. The van der Waals surface area contributed by atoms with Gasteiger partial charge in [0.05, 0.1) is 22.9 Å². The Bertz CT molecular complexity index is 909. The molecule has 0 radical (unpaired) electrons. The smallest absolute Gasteiger partial charge is 0.271 e. The molecule has 10 heteroatoms. The number of carbonyl (C=O) groups is 2. The maximum Gasteiger partial charge on any atom is 0.271 e. The predicted molar refractivity (Wildman–Crippen MR) is 98.4 cm³/mol. The summed E-state index contributed by atoms with van der Waals surface area (Å²) in [6.07, 6.45) is 0. The molecule has 1 aromatic carbocycles. The van der Waals surface area contributed by atoms with E-state index in [1.807, 2.05) is 0 Å². The largest absolute Gasteiger partial charge is 0.351 e. The van der Waals surface area contributed by atoms with Crippen LogP contribution in [0.3, 0.4) is 0 Å². The van der Waals surface area contributed by atoms with Gasteiger partial charge in [0, 0.05) is 18.7 Å². The second kappa shape index (κ2) is 7.85. The van der Waals surface area contributed by atoms with E-state index in [1.165, 1.54) is 38.1 Å². The molecular weight excluding hydrogens is 386 g/mol. The van der Waals surface area contributed by atoms with Crippen molar-refractivity contribution < 1.29 is 18.0 Å². The summed E-state index contributed by atoms with van der Waals surface area (Å²) in [7, 11) is -3.77. The lowest BCUT2D eigenvalue weighted by atomic mass is 10.3. The number of hydrogen-bond donors (Lipinski definition) is 3. The molecule has 2 rings (SSSR count). The van der Waals surface area contributed by atoms with Crippen LogP contribution in [0.1, 0.15) is 18.7 Å². The van der Waals surface area contributed by atoms with Gasteiger partial charge in [0.25, 0.3) is 10.0 Å². The zero-order chi connectivity index (χ0) is 18.6. The lowest BCUT2D eigenvalue weighted by molar-refractivity contribution is -0.119. The summed E-state index contributed by atoms with van der Waals surface area (Å²) >= 11 is 7.10. The van der Waals surface area contributed by atoms with Crippen molar-refractivity contribution in [1.29, 1.82) is 0 Å². The number of nitrogens with one attached hydrogen (secondary N) is 3. The van der Waals surface area contributed by atoms with Crippen molar-refractivity contribution in [3.05, 3.63) is 40.2 Å². The number of thiophene rings is 1. The standard InChI is InChI=1S/C15H16ClN3O4S2/c1-9(20)17-8-12-4-6-15(24-12)25(22,23)19-11-3-5-14(13(16)7-11)18-10(2)21/h3-7,19H,8H2,1-2H3,(H,17,20)(H,18,21). The first-order valence-corrected chi connectivity index (χ1v) is 9.78. The number of sulfonamides is 1. The van der Waals surface area contributed by atoms with E-state index in [4.69, 9.17) is 11.6 Å². The Morgan fingerprint density at radius 2 is 1.84 bits per heavy atom. The van der Waals surface area contributed by atoms with Gasteiger partial charge in [-0.05, 0) is 30.3 Å². The van der Waals surface area contributed by atoms with Crippen molar-refractivity contribution in [2.24, 2.45) is 0 Å². The van der Waals surface area contributed by atoms with Gasteiger partial charge in [0.1, 0.15) is 4.21 Å². The summed E-state index contributed by atoms with van der Waals surface area (Å²) < 4.78 is 27.4. The molecule has 0 aliphatic heterocycles. The summed E-state index contributed by atoms with van der Waals surface area (Å²) in [6.45, 7) is 3.01. The molecule has 0 fully saturated rings. The molecule has 134 valence electrons. The monoisotopic (exact) mass is 401 g/mol. The average molecular weight is 402 g/mol. The molecule has 0 spiro atoms. The summed E-state index contributed by atoms with van der Waals surface area (Å²) in [5.41, 5.74) is 0.668. The van der Waals surface area contributed by atoms with Crippen LogP contribution in [-0.2, 0) is 26.2 Å². The van der Waals surface area contributed by atoms with E-state index in [0.717, 1.165) is 16.2 Å². The molecule has 0 aliphatic carbocycles. The van der Waals surface area contributed by atoms with E-state index in [1.54, 1.807) is 6.07 Å². The van der Waals surface area contributed by atoms with Gasteiger partial charge in [0.15, 0.2) is 0 Å². The molecule has 25 heavy (non-hydrogen) atoms. The molecule has 2 amide bonds. The lowest BCUT2D eigenvalue weighted by Crippen LogP contribution is -2.18. The molecule has 0 saturated heterocycles. The minimum absolute atomic E-state index is 0.120. The number of rotatable bonds is 6. The first-order chi connectivity index (χ1) is 11.7. The van der Waals surface area contributed by atoms with Gasteiger partial charge in [-0.1, -0.05) is 11.6 Å². The number of halogens is 1. The minimum atomic E-state index is -3.77. The molecule has 0 aliphatic rings. The van der Waals surface area contributed by atoms with Gasteiger partial charge >= 0.3 is 0 Å². The highest BCUT2D eigenvalue weighted by Gasteiger charge is 2.18. The number of carbonyl (C=O) groups excluding carboxylic acids is 2. The summed E-state index contributed by atoms with van der Waals surface area (Å²) in [6, 6.07) is 7.54. The first kappa shape index (κ1) is 19.2. The van der Waals surface area contributed by atoms with E-state index in [-0.39, 0.29) is 33.3 Å². The van der Waals surface area contributed by atoms with Crippen LogP contribution in [0.25, 0.3) is 0 Å². The highest BCUT2D eigenvalue weighted by Crippen LogP contribution is 2.28. The van der Waals surface area contributed by atoms with Gasteiger partial charge in [-0.2, -0.15) is 0 Å².